The van der Waals surface area contributed by atoms with Crippen molar-refractivity contribution in [3.63, 3.8) is 0 Å². The SMILES string of the molecule is O=C(O)C[C@@H]1Sc2nc3ccccc3n2[C@@]1(O)c1ccc(Cl)cc1. The fraction of sp³-hybridized carbons (Fsp3) is 0.176. The van der Waals surface area contributed by atoms with Gasteiger partial charge in [0.1, 0.15) is 0 Å². The van der Waals surface area contributed by atoms with Gasteiger partial charge in [0, 0.05) is 10.6 Å². The summed E-state index contributed by atoms with van der Waals surface area (Å²) in [5.41, 5.74) is 0.623. The van der Waals surface area contributed by atoms with Gasteiger partial charge >= 0.3 is 5.97 Å². The Balaban J connectivity index is 1.96. The van der Waals surface area contributed by atoms with Crippen LogP contribution in [0.5, 0.6) is 0 Å². The molecule has 3 aromatic rings. The molecule has 1 aliphatic rings. The summed E-state index contributed by atoms with van der Waals surface area (Å²) in [5.74, 6) is -0.963. The van der Waals surface area contributed by atoms with Crippen molar-refractivity contribution in [2.45, 2.75) is 22.6 Å². The van der Waals surface area contributed by atoms with E-state index in [0.717, 1.165) is 11.0 Å². The van der Waals surface area contributed by atoms with Crippen LogP contribution in [0.25, 0.3) is 11.0 Å². The highest BCUT2D eigenvalue weighted by molar-refractivity contribution is 8.00. The second-order valence-corrected chi connectivity index (χ2v) is 7.26. The number of halogens is 1. The Kier molecular flexibility index (Phi) is 3.56. The molecule has 7 heteroatoms. The summed E-state index contributed by atoms with van der Waals surface area (Å²) in [6.07, 6.45) is -0.179. The standard InChI is InChI=1S/C17H13ClN2O3S/c18-11-7-5-10(6-8-11)17(23)14(9-15(21)22)24-16-19-12-3-1-2-4-13(12)20(16)17/h1-8,14,23H,9H2,(H,21,22)/t14-,17+/m0/s1. The molecule has 1 aliphatic heterocycles. The minimum Gasteiger partial charge on any atom is -0.481 e. The lowest BCUT2D eigenvalue weighted by molar-refractivity contribution is -0.138. The molecule has 0 radical (unpaired) electrons. The molecule has 2 atom stereocenters. The number of aliphatic carboxylic acids is 1. The Labute approximate surface area is 146 Å². The molecule has 5 nitrogen and oxygen atoms in total. The Morgan fingerprint density at radius 3 is 2.67 bits per heavy atom. The summed E-state index contributed by atoms with van der Waals surface area (Å²) in [4.78, 5) is 15.8. The fourth-order valence-corrected chi connectivity index (χ4v) is 4.62. The zero-order valence-corrected chi connectivity index (χ0v) is 14.0. The summed E-state index contributed by atoms with van der Waals surface area (Å²) in [7, 11) is 0. The first kappa shape index (κ1) is 15.5. The van der Waals surface area contributed by atoms with Crippen molar-refractivity contribution in [3.05, 3.63) is 59.1 Å². The van der Waals surface area contributed by atoms with Crippen molar-refractivity contribution in [2.24, 2.45) is 0 Å². The number of aromatic nitrogens is 2. The van der Waals surface area contributed by atoms with E-state index in [4.69, 9.17) is 11.6 Å². The minimum absolute atomic E-state index is 0.179. The van der Waals surface area contributed by atoms with Crippen LogP contribution >= 0.6 is 23.4 Å². The number of para-hydroxylation sites is 2. The summed E-state index contributed by atoms with van der Waals surface area (Å²) in [6, 6.07) is 14.3. The van der Waals surface area contributed by atoms with Gasteiger partial charge in [-0.3, -0.25) is 9.36 Å². The summed E-state index contributed by atoms with van der Waals surface area (Å²) in [5, 5.41) is 21.4. The molecule has 0 aliphatic carbocycles. The monoisotopic (exact) mass is 360 g/mol. The van der Waals surface area contributed by atoms with E-state index in [2.05, 4.69) is 4.98 Å². The maximum absolute atomic E-state index is 11.6. The lowest BCUT2D eigenvalue weighted by Gasteiger charge is -2.31. The Hall–Kier alpha value is -2.02. The zero-order chi connectivity index (χ0) is 16.9. The lowest BCUT2D eigenvalue weighted by atomic mass is 9.96. The average molecular weight is 361 g/mol. The van der Waals surface area contributed by atoms with Gasteiger partial charge in [0.05, 0.1) is 22.7 Å². The number of carboxylic acids is 1. The smallest absolute Gasteiger partial charge is 0.304 e. The topological polar surface area (TPSA) is 75.3 Å². The van der Waals surface area contributed by atoms with Crippen molar-refractivity contribution >= 4 is 40.4 Å². The van der Waals surface area contributed by atoms with Gasteiger partial charge in [-0.2, -0.15) is 0 Å². The predicted octanol–water partition coefficient (Wildman–Crippen LogP) is 3.33. The van der Waals surface area contributed by atoms with Crippen LogP contribution in [0.2, 0.25) is 5.02 Å². The zero-order valence-electron chi connectivity index (χ0n) is 12.4. The van der Waals surface area contributed by atoms with Gasteiger partial charge < -0.3 is 10.2 Å². The van der Waals surface area contributed by atoms with Gasteiger partial charge in [0.25, 0.3) is 0 Å². The number of aliphatic hydroxyl groups is 1. The number of hydrogen-bond donors (Lipinski definition) is 2. The van der Waals surface area contributed by atoms with Crippen molar-refractivity contribution < 1.29 is 15.0 Å². The third kappa shape index (κ3) is 2.22. The number of carbonyl (C=O) groups is 1. The van der Waals surface area contributed by atoms with E-state index in [1.807, 2.05) is 24.3 Å². The van der Waals surface area contributed by atoms with E-state index >= 15 is 0 Å². The molecule has 0 saturated carbocycles. The average Bonchev–Trinajstić information content (AvgIpc) is 3.03. The lowest BCUT2D eigenvalue weighted by Crippen LogP contribution is -2.41. The Morgan fingerprint density at radius 2 is 1.96 bits per heavy atom. The van der Waals surface area contributed by atoms with Gasteiger partial charge in [-0.05, 0) is 24.3 Å². The molecule has 0 saturated heterocycles. The van der Waals surface area contributed by atoms with Crippen LogP contribution < -0.4 is 0 Å². The number of benzene rings is 2. The molecule has 2 aromatic carbocycles. The Bertz CT molecular complexity index is 941. The first-order chi connectivity index (χ1) is 11.5. The van der Waals surface area contributed by atoms with Gasteiger partial charge in [0.2, 0.25) is 0 Å². The first-order valence-electron chi connectivity index (χ1n) is 7.35. The maximum Gasteiger partial charge on any atom is 0.304 e. The summed E-state index contributed by atoms with van der Waals surface area (Å²) >= 11 is 7.24. The molecule has 0 unspecified atom stereocenters. The number of carboxylic acid groups (broad SMARTS) is 1. The number of imidazole rings is 1. The molecule has 2 N–H and O–H groups in total. The van der Waals surface area contributed by atoms with Crippen LogP contribution in [0.3, 0.4) is 0 Å². The molecule has 0 bridgehead atoms. The molecule has 0 spiro atoms. The van der Waals surface area contributed by atoms with Crippen molar-refractivity contribution in [3.8, 4) is 0 Å². The molecule has 24 heavy (non-hydrogen) atoms. The highest BCUT2D eigenvalue weighted by Crippen LogP contribution is 2.49. The van der Waals surface area contributed by atoms with Gasteiger partial charge in [-0.1, -0.05) is 47.6 Å². The van der Waals surface area contributed by atoms with Crippen molar-refractivity contribution in [1.82, 2.24) is 9.55 Å². The van der Waals surface area contributed by atoms with Crippen LogP contribution in [-0.4, -0.2) is 31.0 Å². The number of rotatable bonds is 3. The molecule has 1 aromatic heterocycles. The van der Waals surface area contributed by atoms with Crippen LogP contribution in [0.15, 0.2) is 53.7 Å². The van der Waals surface area contributed by atoms with Crippen molar-refractivity contribution in [1.29, 1.82) is 0 Å². The second-order valence-electron chi connectivity index (χ2n) is 5.66. The third-order valence-electron chi connectivity index (χ3n) is 4.20. The van der Waals surface area contributed by atoms with Gasteiger partial charge in [0.15, 0.2) is 10.9 Å². The first-order valence-corrected chi connectivity index (χ1v) is 8.60. The third-order valence-corrected chi connectivity index (χ3v) is 5.71. The van der Waals surface area contributed by atoms with E-state index in [1.165, 1.54) is 11.8 Å². The van der Waals surface area contributed by atoms with Crippen molar-refractivity contribution in [2.75, 3.05) is 0 Å². The van der Waals surface area contributed by atoms with E-state index in [9.17, 15) is 15.0 Å². The Morgan fingerprint density at radius 1 is 1.25 bits per heavy atom. The van der Waals surface area contributed by atoms with E-state index in [1.54, 1.807) is 28.8 Å². The second kappa shape index (κ2) is 5.51. The molecular formula is C17H13ClN2O3S. The van der Waals surface area contributed by atoms with Gasteiger partial charge in [-0.15, -0.1) is 0 Å². The van der Waals surface area contributed by atoms with Crippen LogP contribution in [0.4, 0.5) is 0 Å². The van der Waals surface area contributed by atoms with E-state index < -0.39 is 16.9 Å². The van der Waals surface area contributed by atoms with E-state index in [-0.39, 0.29) is 6.42 Å². The summed E-state index contributed by atoms with van der Waals surface area (Å²) in [6.45, 7) is 0. The summed E-state index contributed by atoms with van der Waals surface area (Å²) < 4.78 is 1.73. The highest BCUT2D eigenvalue weighted by atomic mass is 35.5. The maximum atomic E-state index is 11.6. The van der Waals surface area contributed by atoms with Crippen LogP contribution in [-0.2, 0) is 10.5 Å². The fourth-order valence-electron chi connectivity index (χ4n) is 3.12. The van der Waals surface area contributed by atoms with Gasteiger partial charge in [-0.25, -0.2) is 4.98 Å². The molecule has 0 amide bonds. The molecule has 4 rings (SSSR count). The number of hydrogen-bond acceptors (Lipinski definition) is 4. The quantitative estimate of drug-likeness (QED) is 0.749. The predicted molar refractivity (Wildman–Crippen MR) is 92.4 cm³/mol. The number of thioether (sulfide) groups is 1. The molecular weight excluding hydrogens is 348 g/mol. The van der Waals surface area contributed by atoms with Crippen LogP contribution in [0.1, 0.15) is 12.0 Å². The van der Waals surface area contributed by atoms with Crippen LogP contribution in [0, 0.1) is 0 Å². The molecule has 122 valence electrons. The number of fused-ring (bicyclic) bond motifs is 3. The largest absolute Gasteiger partial charge is 0.481 e. The van der Waals surface area contributed by atoms with E-state index in [0.29, 0.717) is 15.7 Å². The minimum atomic E-state index is -1.50. The molecule has 0 fully saturated rings. The molecule has 2 heterocycles. The highest BCUT2D eigenvalue weighted by Gasteiger charge is 2.50. The number of nitrogens with zero attached hydrogens (tertiary/aromatic N) is 2. The normalized spacial score (nSPS) is 22.7.